The molecule has 1 saturated carbocycles. The highest BCUT2D eigenvalue weighted by Gasteiger charge is 2.45. The molecule has 1 fully saturated rings. The van der Waals surface area contributed by atoms with Crippen LogP contribution in [0.25, 0.3) is 0 Å². The summed E-state index contributed by atoms with van der Waals surface area (Å²) in [5, 5.41) is 3.36. The van der Waals surface area contributed by atoms with Crippen LogP contribution in [0.2, 0.25) is 0 Å². The minimum absolute atomic E-state index is 0.144. The van der Waals surface area contributed by atoms with Crippen molar-refractivity contribution in [3.05, 3.63) is 47.3 Å². The number of hydrogen-bond acceptors (Lipinski definition) is 4. The first kappa shape index (κ1) is 14.8. The van der Waals surface area contributed by atoms with E-state index in [1.54, 1.807) is 18.5 Å². The van der Waals surface area contributed by atoms with Crippen LogP contribution in [-0.4, -0.2) is 30.7 Å². The lowest BCUT2D eigenvalue weighted by atomic mass is 9.96. The molecule has 0 radical (unpaired) electrons. The van der Waals surface area contributed by atoms with Gasteiger partial charge in [-0.05, 0) is 36.5 Å². The van der Waals surface area contributed by atoms with Gasteiger partial charge >= 0.3 is 0 Å². The third-order valence-electron chi connectivity index (χ3n) is 4.96. The Hall–Kier alpha value is -1.73. The van der Waals surface area contributed by atoms with Gasteiger partial charge in [-0.15, -0.1) is 0 Å². The van der Waals surface area contributed by atoms with Crippen LogP contribution in [-0.2, 0) is 28.2 Å². The fourth-order valence-corrected chi connectivity index (χ4v) is 4.99. The molecule has 23 heavy (non-hydrogen) atoms. The van der Waals surface area contributed by atoms with Gasteiger partial charge in [-0.3, -0.25) is 4.98 Å². The summed E-state index contributed by atoms with van der Waals surface area (Å²) in [5.41, 5.74) is 2.40. The molecule has 4 rings (SSSR count). The zero-order chi connectivity index (χ0) is 16.1. The van der Waals surface area contributed by atoms with E-state index < -0.39 is 9.84 Å². The number of sulfone groups is 1. The average Bonchev–Trinajstić information content (AvgIpc) is 3.07. The van der Waals surface area contributed by atoms with Crippen molar-refractivity contribution >= 4 is 9.84 Å². The highest BCUT2D eigenvalue weighted by atomic mass is 32.2. The van der Waals surface area contributed by atoms with Crippen LogP contribution in [0.4, 0.5) is 4.39 Å². The maximum absolute atomic E-state index is 13.9. The number of aromatic amines is 1. The normalized spacial score (nSPS) is 20.4. The zero-order valence-electron chi connectivity index (χ0n) is 12.6. The summed E-state index contributed by atoms with van der Waals surface area (Å²) < 4.78 is 37.6. The Morgan fingerprint density at radius 2 is 2.22 bits per heavy atom. The topological polar surface area (TPSA) is 74.8 Å². The highest BCUT2D eigenvalue weighted by molar-refractivity contribution is 7.91. The molecule has 122 valence electrons. The van der Waals surface area contributed by atoms with E-state index in [1.165, 1.54) is 6.20 Å². The van der Waals surface area contributed by atoms with E-state index >= 15 is 0 Å². The highest BCUT2D eigenvalue weighted by Crippen LogP contribution is 2.48. The Balaban J connectivity index is 1.45. The lowest BCUT2D eigenvalue weighted by molar-refractivity contribution is 0.525. The quantitative estimate of drug-likeness (QED) is 0.872. The second-order valence-electron chi connectivity index (χ2n) is 6.42. The van der Waals surface area contributed by atoms with Crippen molar-refractivity contribution in [1.29, 1.82) is 0 Å². The zero-order valence-corrected chi connectivity index (χ0v) is 13.4. The van der Waals surface area contributed by atoms with E-state index in [0.717, 1.165) is 29.7 Å². The molecule has 5 nitrogen and oxygen atoms in total. The van der Waals surface area contributed by atoms with E-state index in [1.807, 2.05) is 0 Å². The molecule has 0 bridgehead atoms. The lowest BCUT2D eigenvalue weighted by Crippen LogP contribution is -2.27. The number of rotatable bonds is 5. The molecule has 2 aromatic rings. The standard InChI is InChI=1S/C16H18FN3O2S/c17-13-7-18-5-1-12(13)16(3-4-16)10-19-8-14-11-2-6-23(21,22)15(11)9-20-14/h1,5,7,9,19-20H,2-4,6,8,10H2. The largest absolute Gasteiger partial charge is 0.362 e. The van der Waals surface area contributed by atoms with Crippen molar-refractivity contribution in [2.45, 2.75) is 36.1 Å². The SMILES string of the molecule is O=S1(=O)CCc2c1c[nH]c2CNCC1(c2ccncc2F)CC1. The minimum atomic E-state index is -3.09. The first-order valence-corrected chi connectivity index (χ1v) is 9.40. The third kappa shape index (κ3) is 2.48. The Bertz CT molecular complexity index is 856. The first-order valence-electron chi connectivity index (χ1n) is 7.74. The van der Waals surface area contributed by atoms with E-state index in [4.69, 9.17) is 0 Å². The smallest absolute Gasteiger partial charge is 0.180 e. The number of aromatic nitrogens is 2. The Labute approximate surface area is 134 Å². The Kier molecular flexibility index (Phi) is 3.32. The molecule has 1 aliphatic heterocycles. The molecule has 0 spiro atoms. The van der Waals surface area contributed by atoms with Crippen molar-refractivity contribution < 1.29 is 12.8 Å². The van der Waals surface area contributed by atoms with Crippen molar-refractivity contribution in [1.82, 2.24) is 15.3 Å². The maximum Gasteiger partial charge on any atom is 0.180 e. The van der Waals surface area contributed by atoms with E-state index in [2.05, 4.69) is 15.3 Å². The van der Waals surface area contributed by atoms with Gasteiger partial charge in [0.1, 0.15) is 5.82 Å². The van der Waals surface area contributed by atoms with Crippen molar-refractivity contribution in [2.24, 2.45) is 0 Å². The van der Waals surface area contributed by atoms with Gasteiger partial charge < -0.3 is 10.3 Å². The van der Waals surface area contributed by atoms with Crippen LogP contribution < -0.4 is 5.32 Å². The molecular formula is C16H18FN3O2S. The number of H-pyrrole nitrogens is 1. The molecule has 2 aromatic heterocycles. The van der Waals surface area contributed by atoms with Gasteiger partial charge in [0.15, 0.2) is 9.84 Å². The summed E-state index contributed by atoms with van der Waals surface area (Å²) in [7, 11) is -3.09. The summed E-state index contributed by atoms with van der Waals surface area (Å²) in [6.07, 6.45) is 6.96. The molecular weight excluding hydrogens is 317 g/mol. The van der Waals surface area contributed by atoms with Gasteiger partial charge in [0, 0.05) is 36.6 Å². The molecule has 7 heteroatoms. The fourth-order valence-electron chi connectivity index (χ4n) is 3.46. The summed E-state index contributed by atoms with van der Waals surface area (Å²) in [6.45, 7) is 1.24. The molecule has 2 N–H and O–H groups in total. The van der Waals surface area contributed by atoms with Crippen molar-refractivity contribution in [2.75, 3.05) is 12.3 Å². The van der Waals surface area contributed by atoms with E-state index in [9.17, 15) is 12.8 Å². The molecule has 0 atom stereocenters. The Morgan fingerprint density at radius 1 is 1.39 bits per heavy atom. The number of hydrogen-bond donors (Lipinski definition) is 2. The molecule has 0 unspecified atom stereocenters. The van der Waals surface area contributed by atoms with E-state index in [0.29, 0.717) is 24.4 Å². The van der Waals surface area contributed by atoms with Crippen LogP contribution in [0.15, 0.2) is 29.6 Å². The number of fused-ring (bicyclic) bond motifs is 1. The molecule has 2 aliphatic rings. The Morgan fingerprint density at radius 3 is 2.96 bits per heavy atom. The van der Waals surface area contributed by atoms with Gasteiger partial charge in [0.05, 0.1) is 16.8 Å². The summed E-state index contributed by atoms with van der Waals surface area (Å²) in [6, 6.07) is 1.75. The average molecular weight is 335 g/mol. The summed E-state index contributed by atoms with van der Waals surface area (Å²) in [5.74, 6) is -0.0513. The van der Waals surface area contributed by atoms with Crippen molar-refractivity contribution in [3.63, 3.8) is 0 Å². The van der Waals surface area contributed by atoms with Crippen LogP contribution in [0.1, 0.15) is 29.7 Å². The van der Waals surface area contributed by atoms with Crippen LogP contribution >= 0.6 is 0 Å². The first-order chi connectivity index (χ1) is 11.0. The maximum atomic E-state index is 13.9. The predicted molar refractivity (Wildman–Crippen MR) is 83.4 cm³/mol. The fraction of sp³-hybridized carbons (Fsp3) is 0.438. The molecule has 0 saturated heterocycles. The number of halogens is 1. The van der Waals surface area contributed by atoms with Crippen LogP contribution in [0.5, 0.6) is 0 Å². The van der Waals surface area contributed by atoms with Gasteiger partial charge in [0.2, 0.25) is 0 Å². The third-order valence-corrected chi connectivity index (χ3v) is 6.73. The number of nitrogens with one attached hydrogen (secondary N) is 2. The van der Waals surface area contributed by atoms with Gasteiger partial charge in [0.25, 0.3) is 0 Å². The predicted octanol–water partition coefficient (Wildman–Crippen LogP) is 1.70. The minimum Gasteiger partial charge on any atom is -0.362 e. The molecule has 1 aliphatic carbocycles. The van der Waals surface area contributed by atoms with Gasteiger partial charge in [-0.25, -0.2) is 12.8 Å². The lowest BCUT2D eigenvalue weighted by Gasteiger charge is -2.17. The molecule has 0 aromatic carbocycles. The van der Waals surface area contributed by atoms with Crippen LogP contribution in [0, 0.1) is 5.82 Å². The number of pyridine rings is 1. The van der Waals surface area contributed by atoms with Gasteiger partial charge in [-0.2, -0.15) is 0 Å². The second kappa shape index (κ2) is 5.14. The monoisotopic (exact) mass is 335 g/mol. The number of nitrogens with zero attached hydrogens (tertiary/aromatic N) is 1. The molecule has 0 amide bonds. The van der Waals surface area contributed by atoms with Crippen molar-refractivity contribution in [3.8, 4) is 0 Å². The summed E-state index contributed by atoms with van der Waals surface area (Å²) >= 11 is 0. The second-order valence-corrected chi connectivity index (χ2v) is 8.50. The summed E-state index contributed by atoms with van der Waals surface area (Å²) in [4.78, 5) is 7.31. The molecule has 3 heterocycles. The van der Waals surface area contributed by atoms with Gasteiger partial charge in [-0.1, -0.05) is 0 Å². The van der Waals surface area contributed by atoms with E-state index in [-0.39, 0.29) is 17.0 Å². The van der Waals surface area contributed by atoms with Crippen LogP contribution in [0.3, 0.4) is 0 Å².